The Labute approximate surface area is 88.1 Å². The second-order valence-corrected chi connectivity index (χ2v) is 3.67. The van der Waals surface area contributed by atoms with Gasteiger partial charge in [0, 0.05) is 6.07 Å². The summed E-state index contributed by atoms with van der Waals surface area (Å²) in [6.07, 6.45) is 0. The van der Waals surface area contributed by atoms with E-state index in [1.165, 1.54) is 6.07 Å². The molecule has 0 spiro atoms. The smallest absolute Gasteiger partial charge is 0.192 e. The first-order chi connectivity index (χ1) is 6.93. The minimum Gasteiger partial charge on any atom is -0.507 e. The number of phenols is 1. The number of benzene rings is 1. The van der Waals surface area contributed by atoms with E-state index in [0.717, 1.165) is 12.1 Å². The van der Waals surface area contributed by atoms with E-state index in [1.807, 2.05) is 13.8 Å². The summed E-state index contributed by atoms with van der Waals surface area (Å²) in [5, 5.41) is 9.39. The van der Waals surface area contributed by atoms with Crippen molar-refractivity contribution in [3.05, 3.63) is 41.7 Å². The van der Waals surface area contributed by atoms with Gasteiger partial charge in [0.1, 0.15) is 11.6 Å². The van der Waals surface area contributed by atoms with Crippen molar-refractivity contribution in [1.82, 2.24) is 0 Å². The molecule has 0 saturated carbocycles. The highest BCUT2D eigenvalue weighted by Gasteiger charge is 2.16. The zero-order chi connectivity index (χ0) is 11.6. The molecule has 0 saturated heterocycles. The molecule has 3 heteroatoms. The summed E-state index contributed by atoms with van der Waals surface area (Å²) in [4.78, 5) is 11.7. The van der Waals surface area contributed by atoms with Crippen LogP contribution < -0.4 is 0 Å². The third kappa shape index (κ3) is 2.43. The average molecular weight is 208 g/mol. The molecule has 1 aromatic rings. The van der Waals surface area contributed by atoms with Crippen LogP contribution >= 0.6 is 0 Å². The lowest BCUT2D eigenvalue weighted by atomic mass is 9.95. The van der Waals surface area contributed by atoms with Gasteiger partial charge in [-0.2, -0.15) is 0 Å². The van der Waals surface area contributed by atoms with Crippen LogP contribution in [0.25, 0.3) is 0 Å². The van der Waals surface area contributed by atoms with Crippen molar-refractivity contribution in [3.63, 3.8) is 0 Å². The largest absolute Gasteiger partial charge is 0.507 e. The molecule has 0 atom stereocenters. The van der Waals surface area contributed by atoms with Crippen LogP contribution in [0.1, 0.15) is 24.2 Å². The molecule has 0 radical (unpaired) electrons. The van der Waals surface area contributed by atoms with E-state index in [4.69, 9.17) is 0 Å². The van der Waals surface area contributed by atoms with Crippen LogP contribution in [0.3, 0.4) is 0 Å². The van der Waals surface area contributed by atoms with Gasteiger partial charge in [-0.3, -0.25) is 4.79 Å². The lowest BCUT2D eigenvalue weighted by Crippen LogP contribution is -2.07. The normalized spacial score (nSPS) is 10.4. The van der Waals surface area contributed by atoms with Crippen LogP contribution in [-0.2, 0) is 0 Å². The zero-order valence-corrected chi connectivity index (χ0v) is 8.75. The van der Waals surface area contributed by atoms with Crippen LogP contribution in [0.4, 0.5) is 4.39 Å². The maximum absolute atomic E-state index is 12.7. The van der Waals surface area contributed by atoms with Gasteiger partial charge >= 0.3 is 0 Å². The Hall–Kier alpha value is -1.64. The van der Waals surface area contributed by atoms with Crippen molar-refractivity contribution in [2.75, 3.05) is 0 Å². The summed E-state index contributed by atoms with van der Waals surface area (Å²) >= 11 is 0. The lowest BCUT2D eigenvalue weighted by molar-refractivity contribution is 0.102. The molecule has 15 heavy (non-hydrogen) atoms. The number of hydrogen-bond acceptors (Lipinski definition) is 2. The molecule has 80 valence electrons. The van der Waals surface area contributed by atoms with Crippen LogP contribution in [0, 0.1) is 11.7 Å². The molecule has 0 bridgehead atoms. The van der Waals surface area contributed by atoms with Crippen LogP contribution in [0.15, 0.2) is 30.4 Å². The molecular weight excluding hydrogens is 195 g/mol. The highest BCUT2D eigenvalue weighted by Crippen LogP contribution is 2.23. The van der Waals surface area contributed by atoms with E-state index in [2.05, 4.69) is 6.58 Å². The number of rotatable bonds is 3. The molecule has 1 aromatic carbocycles. The Morgan fingerprint density at radius 2 is 2.07 bits per heavy atom. The van der Waals surface area contributed by atoms with Crippen molar-refractivity contribution in [1.29, 1.82) is 0 Å². The van der Waals surface area contributed by atoms with Crippen molar-refractivity contribution in [2.24, 2.45) is 5.92 Å². The van der Waals surface area contributed by atoms with Gasteiger partial charge in [-0.25, -0.2) is 4.39 Å². The van der Waals surface area contributed by atoms with E-state index in [1.54, 1.807) is 0 Å². The maximum atomic E-state index is 12.7. The average Bonchev–Trinajstić information content (AvgIpc) is 2.15. The second kappa shape index (κ2) is 4.26. The molecule has 0 amide bonds. The summed E-state index contributed by atoms with van der Waals surface area (Å²) in [5.74, 6) is -1.26. The predicted molar refractivity (Wildman–Crippen MR) is 56.4 cm³/mol. The number of phenolic OH excluding ortho intramolecular Hbond substituents is 1. The van der Waals surface area contributed by atoms with Gasteiger partial charge in [0.2, 0.25) is 0 Å². The molecule has 0 fully saturated rings. The summed E-state index contributed by atoms with van der Waals surface area (Å²) in [6.45, 7) is 7.31. The van der Waals surface area contributed by atoms with E-state index in [-0.39, 0.29) is 23.0 Å². The number of allylic oxidation sites excluding steroid dienone is 1. The second-order valence-electron chi connectivity index (χ2n) is 3.67. The zero-order valence-electron chi connectivity index (χ0n) is 8.75. The van der Waals surface area contributed by atoms with Gasteiger partial charge in [-0.15, -0.1) is 0 Å². The number of Topliss-reactive ketones (excluding diaryl/α,β-unsaturated/α-hetero) is 1. The molecule has 0 aliphatic heterocycles. The summed E-state index contributed by atoms with van der Waals surface area (Å²) in [5.41, 5.74) is 0.493. The van der Waals surface area contributed by atoms with Crippen LogP contribution in [0.5, 0.6) is 5.75 Å². The first-order valence-electron chi connectivity index (χ1n) is 4.65. The summed E-state index contributed by atoms with van der Waals surface area (Å²) in [7, 11) is 0. The van der Waals surface area contributed by atoms with Gasteiger partial charge in [0.05, 0.1) is 5.56 Å². The van der Waals surface area contributed by atoms with Gasteiger partial charge in [-0.1, -0.05) is 20.4 Å². The van der Waals surface area contributed by atoms with Gasteiger partial charge in [-0.05, 0) is 23.6 Å². The number of carbonyl (C=O) groups is 1. The SMILES string of the molecule is C=C(C(=O)c1ccc(F)cc1O)C(C)C. The van der Waals surface area contributed by atoms with Crippen LogP contribution in [0.2, 0.25) is 0 Å². The monoisotopic (exact) mass is 208 g/mol. The molecule has 0 aliphatic rings. The molecule has 2 nitrogen and oxygen atoms in total. The molecule has 1 rings (SSSR count). The van der Waals surface area contributed by atoms with E-state index >= 15 is 0 Å². The fourth-order valence-electron chi connectivity index (χ4n) is 1.13. The van der Waals surface area contributed by atoms with Crippen molar-refractivity contribution in [3.8, 4) is 5.75 Å². The third-order valence-electron chi connectivity index (χ3n) is 2.19. The van der Waals surface area contributed by atoms with Crippen LogP contribution in [-0.4, -0.2) is 10.9 Å². The first-order valence-corrected chi connectivity index (χ1v) is 4.65. The number of halogens is 1. The van der Waals surface area contributed by atoms with E-state index < -0.39 is 5.82 Å². The highest BCUT2D eigenvalue weighted by atomic mass is 19.1. The Morgan fingerprint density at radius 1 is 1.47 bits per heavy atom. The Kier molecular flexibility index (Phi) is 3.24. The fourth-order valence-corrected chi connectivity index (χ4v) is 1.13. The molecular formula is C12H13FO2. The van der Waals surface area contributed by atoms with E-state index in [0.29, 0.717) is 5.57 Å². The summed E-state index contributed by atoms with van der Waals surface area (Å²) in [6, 6.07) is 3.32. The predicted octanol–water partition coefficient (Wildman–Crippen LogP) is 2.93. The Bertz CT molecular complexity index is 408. The maximum Gasteiger partial charge on any atom is 0.192 e. The quantitative estimate of drug-likeness (QED) is 0.612. The van der Waals surface area contributed by atoms with Gasteiger partial charge in [0.15, 0.2) is 5.78 Å². The molecule has 1 N–H and O–H groups in total. The Balaban J connectivity index is 3.07. The topological polar surface area (TPSA) is 37.3 Å². The number of ketones is 1. The van der Waals surface area contributed by atoms with Crippen molar-refractivity contribution >= 4 is 5.78 Å². The molecule has 0 heterocycles. The molecule has 0 unspecified atom stereocenters. The number of aromatic hydroxyl groups is 1. The Morgan fingerprint density at radius 3 is 2.53 bits per heavy atom. The number of hydrogen-bond donors (Lipinski definition) is 1. The highest BCUT2D eigenvalue weighted by molar-refractivity contribution is 6.10. The standard InChI is InChI=1S/C12H13FO2/c1-7(2)8(3)12(15)10-5-4-9(13)6-11(10)14/h4-7,14H,3H2,1-2H3. The number of carbonyl (C=O) groups excluding carboxylic acids is 1. The fraction of sp³-hybridized carbons (Fsp3) is 0.250. The van der Waals surface area contributed by atoms with Gasteiger partial charge < -0.3 is 5.11 Å². The van der Waals surface area contributed by atoms with E-state index in [9.17, 15) is 14.3 Å². The van der Waals surface area contributed by atoms with Gasteiger partial charge in [0.25, 0.3) is 0 Å². The lowest BCUT2D eigenvalue weighted by Gasteiger charge is -2.09. The minimum atomic E-state index is -0.570. The molecule has 0 aliphatic carbocycles. The first kappa shape index (κ1) is 11.4. The molecule has 0 aromatic heterocycles. The third-order valence-corrected chi connectivity index (χ3v) is 2.19. The van der Waals surface area contributed by atoms with Crippen molar-refractivity contribution < 1.29 is 14.3 Å². The minimum absolute atomic E-state index is 0.00181. The van der Waals surface area contributed by atoms with Crippen molar-refractivity contribution in [2.45, 2.75) is 13.8 Å². The summed E-state index contributed by atoms with van der Waals surface area (Å²) < 4.78 is 12.7.